The first-order valence-corrected chi connectivity index (χ1v) is 4.33. The third-order valence-corrected chi connectivity index (χ3v) is 2.12. The first-order valence-electron chi connectivity index (χ1n) is 3.26. The van der Waals surface area contributed by atoms with Gasteiger partial charge in [0.05, 0.1) is 0 Å². The summed E-state index contributed by atoms with van der Waals surface area (Å²) in [6.07, 6.45) is 0. The summed E-state index contributed by atoms with van der Waals surface area (Å²) in [6, 6.07) is 7.46. The Morgan fingerprint density at radius 2 is 2.33 bits per heavy atom. The Hall–Kier alpha value is -1.09. The first kappa shape index (κ1) is 7.55. The van der Waals surface area contributed by atoms with Gasteiger partial charge in [-0.2, -0.15) is 10.2 Å². The summed E-state index contributed by atoms with van der Waals surface area (Å²) in [6.45, 7) is 0. The third kappa shape index (κ3) is 1.16. The van der Waals surface area contributed by atoms with Crippen molar-refractivity contribution < 1.29 is 4.42 Å². The number of hydrogen-bond acceptors (Lipinski definition) is 3. The number of benzene rings is 1. The standard InChI is InChI=1S/C8H3IN2O/c9-5-1-2-6-7(3-5)12-8(4-10)11-6/h1-3H. The van der Waals surface area contributed by atoms with Crippen molar-refractivity contribution in [2.75, 3.05) is 0 Å². The van der Waals surface area contributed by atoms with Gasteiger partial charge in [-0.15, -0.1) is 0 Å². The van der Waals surface area contributed by atoms with Crippen molar-refractivity contribution >= 4 is 33.7 Å². The zero-order valence-electron chi connectivity index (χ0n) is 5.91. The average molecular weight is 270 g/mol. The van der Waals surface area contributed by atoms with Crippen LogP contribution >= 0.6 is 22.6 Å². The normalized spacial score (nSPS) is 10.0. The van der Waals surface area contributed by atoms with E-state index in [9.17, 15) is 0 Å². The molecule has 1 aromatic carbocycles. The number of aromatic nitrogens is 1. The van der Waals surface area contributed by atoms with Gasteiger partial charge >= 0.3 is 5.89 Å². The molecule has 0 fully saturated rings. The number of nitrogens with zero attached hydrogens (tertiary/aromatic N) is 2. The molecule has 0 aliphatic carbocycles. The highest BCUT2D eigenvalue weighted by Gasteiger charge is 2.03. The molecule has 0 atom stereocenters. The van der Waals surface area contributed by atoms with Gasteiger partial charge in [0.25, 0.3) is 0 Å². The second kappa shape index (κ2) is 2.75. The van der Waals surface area contributed by atoms with Gasteiger partial charge in [0.2, 0.25) is 0 Å². The van der Waals surface area contributed by atoms with E-state index in [1.165, 1.54) is 0 Å². The van der Waals surface area contributed by atoms with Gasteiger partial charge in [-0.05, 0) is 40.8 Å². The van der Waals surface area contributed by atoms with Crippen LogP contribution < -0.4 is 0 Å². The second-order valence-corrected chi connectivity index (χ2v) is 3.49. The van der Waals surface area contributed by atoms with Gasteiger partial charge in [-0.3, -0.25) is 0 Å². The third-order valence-electron chi connectivity index (χ3n) is 1.45. The van der Waals surface area contributed by atoms with Crippen LogP contribution in [0.2, 0.25) is 0 Å². The number of hydrogen-bond donors (Lipinski definition) is 0. The van der Waals surface area contributed by atoms with Crippen molar-refractivity contribution in [3.05, 3.63) is 27.7 Å². The lowest BCUT2D eigenvalue weighted by Gasteiger charge is -1.85. The largest absolute Gasteiger partial charge is 0.428 e. The molecule has 3 nitrogen and oxygen atoms in total. The number of fused-ring (bicyclic) bond motifs is 1. The van der Waals surface area contributed by atoms with Gasteiger partial charge in [0.1, 0.15) is 5.52 Å². The van der Waals surface area contributed by atoms with Gasteiger partial charge in [0.15, 0.2) is 11.7 Å². The lowest BCUT2D eigenvalue weighted by atomic mass is 10.3. The first-order chi connectivity index (χ1) is 5.79. The minimum Gasteiger partial charge on any atom is -0.428 e. The molecule has 0 saturated carbocycles. The van der Waals surface area contributed by atoms with Crippen molar-refractivity contribution in [3.63, 3.8) is 0 Å². The fourth-order valence-electron chi connectivity index (χ4n) is 0.946. The minimum absolute atomic E-state index is 0.118. The molecular formula is C8H3IN2O. The maximum absolute atomic E-state index is 8.50. The molecule has 0 radical (unpaired) electrons. The molecule has 0 unspecified atom stereocenters. The van der Waals surface area contributed by atoms with Crippen LogP contribution in [0.4, 0.5) is 0 Å². The molecule has 58 valence electrons. The Labute approximate surface area is 82.1 Å². The van der Waals surface area contributed by atoms with Crippen LogP contribution in [0.1, 0.15) is 5.89 Å². The molecule has 0 N–H and O–H groups in total. The molecule has 12 heavy (non-hydrogen) atoms. The van der Waals surface area contributed by atoms with Crippen molar-refractivity contribution in [3.8, 4) is 6.07 Å². The summed E-state index contributed by atoms with van der Waals surface area (Å²) in [4.78, 5) is 3.94. The Bertz CT molecular complexity index is 469. The lowest BCUT2D eigenvalue weighted by Crippen LogP contribution is -1.70. The summed E-state index contributed by atoms with van der Waals surface area (Å²) in [7, 11) is 0. The topological polar surface area (TPSA) is 49.8 Å². The molecule has 2 aromatic rings. The Balaban J connectivity index is 2.77. The van der Waals surface area contributed by atoms with E-state index >= 15 is 0 Å². The summed E-state index contributed by atoms with van der Waals surface area (Å²) >= 11 is 2.18. The summed E-state index contributed by atoms with van der Waals surface area (Å²) in [5.74, 6) is 0.118. The van der Waals surface area contributed by atoms with Gasteiger partial charge < -0.3 is 4.42 Å². The SMILES string of the molecule is N#Cc1nc2ccc(I)cc2o1. The number of oxazole rings is 1. The van der Waals surface area contributed by atoms with E-state index in [0.29, 0.717) is 5.58 Å². The fraction of sp³-hybridized carbons (Fsp3) is 0. The Kier molecular flexibility index (Phi) is 1.73. The van der Waals surface area contributed by atoms with Crippen LogP contribution in [0, 0.1) is 14.9 Å². The smallest absolute Gasteiger partial charge is 0.301 e. The van der Waals surface area contributed by atoms with Crippen LogP contribution in [0.5, 0.6) is 0 Å². The molecule has 0 saturated heterocycles. The van der Waals surface area contributed by atoms with Crippen LogP contribution in [-0.2, 0) is 0 Å². The van der Waals surface area contributed by atoms with E-state index in [-0.39, 0.29) is 5.89 Å². The zero-order chi connectivity index (χ0) is 8.55. The lowest BCUT2D eigenvalue weighted by molar-refractivity contribution is 0.584. The monoisotopic (exact) mass is 270 g/mol. The summed E-state index contributed by atoms with van der Waals surface area (Å²) < 4.78 is 6.19. The van der Waals surface area contributed by atoms with Gasteiger partial charge in [0, 0.05) is 3.57 Å². The molecule has 4 heteroatoms. The fourth-order valence-corrected chi connectivity index (χ4v) is 1.41. The van der Waals surface area contributed by atoms with Crippen molar-refractivity contribution in [1.82, 2.24) is 4.98 Å². The highest BCUT2D eigenvalue weighted by molar-refractivity contribution is 14.1. The van der Waals surface area contributed by atoms with Gasteiger partial charge in [-0.25, -0.2) is 0 Å². The molecule has 1 heterocycles. The second-order valence-electron chi connectivity index (χ2n) is 2.24. The van der Waals surface area contributed by atoms with Crippen LogP contribution in [0.3, 0.4) is 0 Å². The maximum atomic E-state index is 8.50. The summed E-state index contributed by atoms with van der Waals surface area (Å²) in [5, 5.41) is 8.50. The molecular weight excluding hydrogens is 267 g/mol. The predicted molar refractivity (Wildman–Crippen MR) is 51.4 cm³/mol. The van der Waals surface area contributed by atoms with E-state index in [2.05, 4.69) is 27.6 Å². The van der Waals surface area contributed by atoms with E-state index < -0.39 is 0 Å². The molecule has 0 spiro atoms. The van der Waals surface area contributed by atoms with Crippen molar-refractivity contribution in [1.29, 1.82) is 5.26 Å². The van der Waals surface area contributed by atoms with Crippen LogP contribution in [-0.4, -0.2) is 4.98 Å². The van der Waals surface area contributed by atoms with E-state index in [1.807, 2.05) is 24.3 Å². The molecule has 0 aliphatic heterocycles. The quantitative estimate of drug-likeness (QED) is 0.690. The van der Waals surface area contributed by atoms with E-state index in [1.54, 1.807) is 0 Å². The number of rotatable bonds is 0. The van der Waals surface area contributed by atoms with Crippen molar-refractivity contribution in [2.45, 2.75) is 0 Å². The summed E-state index contributed by atoms with van der Waals surface area (Å²) in [5.41, 5.74) is 1.39. The van der Waals surface area contributed by atoms with Crippen LogP contribution in [0.15, 0.2) is 22.6 Å². The Morgan fingerprint density at radius 3 is 3.08 bits per heavy atom. The van der Waals surface area contributed by atoms with E-state index in [0.717, 1.165) is 9.09 Å². The molecule has 0 aliphatic rings. The number of nitriles is 1. The van der Waals surface area contributed by atoms with Crippen LogP contribution in [0.25, 0.3) is 11.1 Å². The minimum atomic E-state index is 0.118. The Morgan fingerprint density at radius 1 is 1.50 bits per heavy atom. The van der Waals surface area contributed by atoms with Gasteiger partial charge in [-0.1, -0.05) is 0 Å². The highest BCUT2D eigenvalue weighted by Crippen LogP contribution is 2.17. The molecule has 2 rings (SSSR count). The van der Waals surface area contributed by atoms with Crippen molar-refractivity contribution in [2.24, 2.45) is 0 Å². The zero-order valence-corrected chi connectivity index (χ0v) is 8.07. The highest BCUT2D eigenvalue weighted by atomic mass is 127. The molecule has 0 bridgehead atoms. The maximum Gasteiger partial charge on any atom is 0.301 e. The van der Waals surface area contributed by atoms with E-state index in [4.69, 9.17) is 9.68 Å². The average Bonchev–Trinajstić information content (AvgIpc) is 2.46. The molecule has 0 amide bonds. The predicted octanol–water partition coefficient (Wildman–Crippen LogP) is 2.30. The molecule has 1 aromatic heterocycles. The number of halogens is 1.